The van der Waals surface area contributed by atoms with E-state index in [9.17, 15) is 5.11 Å². The molecule has 0 amide bonds. The van der Waals surface area contributed by atoms with E-state index in [4.69, 9.17) is 5.26 Å². The molecule has 0 saturated carbocycles. The molecule has 1 fully saturated rings. The van der Waals surface area contributed by atoms with Gasteiger partial charge in [0, 0.05) is 24.3 Å². The molecule has 0 bridgehead atoms. The number of hydrogen-bond donors (Lipinski definition) is 1. The highest BCUT2D eigenvalue weighted by Gasteiger charge is 2.21. The van der Waals surface area contributed by atoms with Crippen molar-refractivity contribution in [1.82, 2.24) is 0 Å². The van der Waals surface area contributed by atoms with Gasteiger partial charge in [-0.25, -0.2) is 0 Å². The fraction of sp³-hybridized carbons (Fsp3) is 0.588. The van der Waals surface area contributed by atoms with Crippen molar-refractivity contribution >= 4 is 5.69 Å². The Morgan fingerprint density at radius 2 is 2.10 bits per heavy atom. The first kappa shape index (κ1) is 14.9. The molecule has 3 heteroatoms. The van der Waals surface area contributed by atoms with Crippen molar-refractivity contribution in [3.63, 3.8) is 0 Å². The number of anilines is 1. The Hall–Kier alpha value is -1.53. The average Bonchev–Trinajstić information content (AvgIpc) is 2.47. The van der Waals surface area contributed by atoms with Gasteiger partial charge in [0.25, 0.3) is 0 Å². The molecule has 1 aliphatic heterocycles. The van der Waals surface area contributed by atoms with Gasteiger partial charge in [0.05, 0.1) is 17.7 Å². The van der Waals surface area contributed by atoms with E-state index in [-0.39, 0.29) is 0 Å². The second-order valence-corrected chi connectivity index (χ2v) is 5.78. The standard InChI is InChI=1S/C17H24N2O/c1-3-4-14-7-9-19(10-8-14)17-11-15(12-18)5-6-16(17)13(2)20/h5-6,11,13-14,20H,3-4,7-10H2,1-2H3/t13-/m0/s1. The van der Waals surface area contributed by atoms with Crippen LogP contribution in [-0.2, 0) is 0 Å². The quantitative estimate of drug-likeness (QED) is 0.910. The van der Waals surface area contributed by atoms with Gasteiger partial charge in [-0.2, -0.15) is 5.26 Å². The van der Waals surface area contributed by atoms with Crippen molar-refractivity contribution in [1.29, 1.82) is 5.26 Å². The van der Waals surface area contributed by atoms with E-state index in [1.807, 2.05) is 12.1 Å². The van der Waals surface area contributed by atoms with Crippen LogP contribution in [0.15, 0.2) is 18.2 Å². The van der Waals surface area contributed by atoms with Crippen molar-refractivity contribution in [2.75, 3.05) is 18.0 Å². The molecule has 20 heavy (non-hydrogen) atoms. The predicted molar refractivity (Wildman–Crippen MR) is 81.6 cm³/mol. The highest BCUT2D eigenvalue weighted by atomic mass is 16.3. The molecule has 1 aromatic rings. The van der Waals surface area contributed by atoms with Crippen LogP contribution in [0.4, 0.5) is 5.69 Å². The van der Waals surface area contributed by atoms with Gasteiger partial charge in [-0.05, 0) is 37.8 Å². The van der Waals surface area contributed by atoms with Gasteiger partial charge in [0.2, 0.25) is 0 Å². The summed E-state index contributed by atoms with van der Waals surface area (Å²) in [5.74, 6) is 0.838. The summed E-state index contributed by atoms with van der Waals surface area (Å²) in [5.41, 5.74) is 2.63. The second kappa shape index (κ2) is 6.76. The monoisotopic (exact) mass is 272 g/mol. The summed E-state index contributed by atoms with van der Waals surface area (Å²) in [5, 5.41) is 19.0. The summed E-state index contributed by atoms with van der Waals surface area (Å²) in [6.07, 6.45) is 4.50. The van der Waals surface area contributed by atoms with Crippen LogP contribution in [0.2, 0.25) is 0 Å². The number of hydrogen-bond acceptors (Lipinski definition) is 3. The number of rotatable bonds is 4. The van der Waals surface area contributed by atoms with Gasteiger partial charge < -0.3 is 10.0 Å². The maximum atomic E-state index is 9.93. The molecule has 0 unspecified atom stereocenters. The Labute approximate surface area is 121 Å². The molecule has 1 aliphatic rings. The van der Waals surface area contributed by atoms with Crippen LogP contribution in [0.3, 0.4) is 0 Å². The van der Waals surface area contributed by atoms with E-state index in [1.54, 1.807) is 13.0 Å². The lowest BCUT2D eigenvalue weighted by molar-refractivity contribution is 0.199. The zero-order chi connectivity index (χ0) is 14.5. The van der Waals surface area contributed by atoms with Crippen molar-refractivity contribution in [3.05, 3.63) is 29.3 Å². The summed E-state index contributed by atoms with van der Waals surface area (Å²) in [6.45, 7) is 6.08. The minimum absolute atomic E-state index is 0.494. The van der Waals surface area contributed by atoms with E-state index in [0.29, 0.717) is 5.56 Å². The Bertz CT molecular complexity index is 482. The van der Waals surface area contributed by atoms with Crippen LogP contribution >= 0.6 is 0 Å². The average molecular weight is 272 g/mol. The van der Waals surface area contributed by atoms with Crippen LogP contribution in [0.25, 0.3) is 0 Å². The molecule has 1 N–H and O–H groups in total. The molecule has 0 spiro atoms. The zero-order valence-corrected chi connectivity index (χ0v) is 12.5. The van der Waals surface area contributed by atoms with E-state index < -0.39 is 6.10 Å². The smallest absolute Gasteiger partial charge is 0.0992 e. The van der Waals surface area contributed by atoms with Crippen LogP contribution in [0, 0.1) is 17.2 Å². The highest BCUT2D eigenvalue weighted by Crippen LogP contribution is 2.32. The number of nitriles is 1. The van der Waals surface area contributed by atoms with Gasteiger partial charge in [-0.15, -0.1) is 0 Å². The van der Waals surface area contributed by atoms with E-state index in [2.05, 4.69) is 17.9 Å². The van der Waals surface area contributed by atoms with Crippen LogP contribution in [-0.4, -0.2) is 18.2 Å². The van der Waals surface area contributed by atoms with E-state index in [0.717, 1.165) is 30.3 Å². The molecule has 0 aromatic heterocycles. The molecule has 0 aliphatic carbocycles. The summed E-state index contributed by atoms with van der Waals surface area (Å²) in [6, 6.07) is 7.78. The number of benzene rings is 1. The van der Waals surface area contributed by atoms with E-state index in [1.165, 1.54) is 25.7 Å². The maximum Gasteiger partial charge on any atom is 0.0992 e. The molecular weight excluding hydrogens is 248 g/mol. The SMILES string of the molecule is CCCC1CCN(c2cc(C#N)ccc2[C@H](C)O)CC1. The minimum atomic E-state index is -0.494. The molecule has 1 saturated heterocycles. The topological polar surface area (TPSA) is 47.3 Å². The Kier molecular flexibility index (Phi) is 5.03. The lowest BCUT2D eigenvalue weighted by Crippen LogP contribution is -2.34. The third kappa shape index (κ3) is 3.32. The Morgan fingerprint density at radius 3 is 2.65 bits per heavy atom. The first-order valence-electron chi connectivity index (χ1n) is 7.62. The van der Waals surface area contributed by atoms with Crippen molar-refractivity contribution in [2.24, 2.45) is 5.92 Å². The van der Waals surface area contributed by atoms with Crippen LogP contribution in [0.1, 0.15) is 56.8 Å². The summed E-state index contributed by atoms with van der Waals surface area (Å²) >= 11 is 0. The first-order chi connectivity index (χ1) is 9.65. The van der Waals surface area contributed by atoms with Crippen LogP contribution < -0.4 is 4.90 Å². The lowest BCUT2D eigenvalue weighted by atomic mass is 9.91. The van der Waals surface area contributed by atoms with Gasteiger partial charge in [0.1, 0.15) is 0 Å². The molecule has 108 valence electrons. The molecule has 1 heterocycles. The number of piperidine rings is 1. The lowest BCUT2D eigenvalue weighted by Gasteiger charge is -2.35. The largest absolute Gasteiger partial charge is 0.389 e. The van der Waals surface area contributed by atoms with Crippen molar-refractivity contribution < 1.29 is 5.11 Å². The minimum Gasteiger partial charge on any atom is -0.389 e. The Balaban J connectivity index is 2.18. The van der Waals surface area contributed by atoms with Crippen molar-refractivity contribution in [2.45, 2.75) is 45.6 Å². The fourth-order valence-corrected chi connectivity index (χ4v) is 3.11. The Morgan fingerprint density at radius 1 is 1.40 bits per heavy atom. The molecule has 2 rings (SSSR count). The molecule has 1 atom stereocenters. The molecular formula is C17H24N2O. The molecule has 1 aromatic carbocycles. The molecule has 3 nitrogen and oxygen atoms in total. The fourth-order valence-electron chi connectivity index (χ4n) is 3.11. The zero-order valence-electron chi connectivity index (χ0n) is 12.5. The molecule has 0 radical (unpaired) electrons. The van der Waals surface area contributed by atoms with Gasteiger partial charge >= 0.3 is 0 Å². The third-order valence-corrected chi connectivity index (χ3v) is 4.26. The number of aliphatic hydroxyl groups is 1. The summed E-state index contributed by atoms with van der Waals surface area (Å²) in [4.78, 5) is 2.33. The van der Waals surface area contributed by atoms with Crippen molar-refractivity contribution in [3.8, 4) is 6.07 Å². The number of aliphatic hydroxyl groups excluding tert-OH is 1. The predicted octanol–water partition coefficient (Wildman–Crippen LogP) is 3.63. The summed E-state index contributed by atoms with van der Waals surface area (Å²) < 4.78 is 0. The van der Waals surface area contributed by atoms with Gasteiger partial charge in [0.15, 0.2) is 0 Å². The van der Waals surface area contributed by atoms with Crippen LogP contribution in [0.5, 0.6) is 0 Å². The number of nitrogens with zero attached hydrogens (tertiary/aromatic N) is 2. The maximum absolute atomic E-state index is 9.93. The highest BCUT2D eigenvalue weighted by molar-refractivity contribution is 5.58. The second-order valence-electron chi connectivity index (χ2n) is 5.78. The summed E-state index contributed by atoms with van der Waals surface area (Å²) in [7, 11) is 0. The first-order valence-corrected chi connectivity index (χ1v) is 7.62. The van der Waals surface area contributed by atoms with Gasteiger partial charge in [-0.1, -0.05) is 25.8 Å². The third-order valence-electron chi connectivity index (χ3n) is 4.26. The van der Waals surface area contributed by atoms with Gasteiger partial charge in [-0.3, -0.25) is 0 Å². The normalized spacial score (nSPS) is 17.8. The van der Waals surface area contributed by atoms with E-state index >= 15 is 0 Å².